The van der Waals surface area contributed by atoms with E-state index in [1.807, 2.05) is 12.2 Å². The third-order valence-corrected chi connectivity index (χ3v) is 4.96. The number of rotatable bonds is 2. The highest BCUT2D eigenvalue weighted by Crippen LogP contribution is 2.37. The first-order valence-corrected chi connectivity index (χ1v) is 7.88. The molecular formula is C17H17N3O3. The number of aromatic nitrogens is 1. The van der Waals surface area contributed by atoms with Gasteiger partial charge in [-0.3, -0.25) is 24.3 Å². The summed E-state index contributed by atoms with van der Waals surface area (Å²) in [5.41, 5.74) is 0.530. The maximum absolute atomic E-state index is 12.5. The van der Waals surface area contributed by atoms with Crippen molar-refractivity contribution in [3.8, 4) is 0 Å². The van der Waals surface area contributed by atoms with Crippen LogP contribution in [0, 0.1) is 11.8 Å². The van der Waals surface area contributed by atoms with Crippen molar-refractivity contribution in [1.82, 2.24) is 14.8 Å². The van der Waals surface area contributed by atoms with Crippen LogP contribution in [0.4, 0.5) is 0 Å². The van der Waals surface area contributed by atoms with Crippen LogP contribution in [0.25, 0.3) is 0 Å². The molecule has 2 unspecified atom stereocenters. The Hall–Kier alpha value is -2.50. The fraction of sp³-hybridized carbons (Fsp3) is 0.412. The van der Waals surface area contributed by atoms with Gasteiger partial charge in [0.2, 0.25) is 11.8 Å². The maximum Gasteiger partial charge on any atom is 0.255 e. The van der Waals surface area contributed by atoms with Gasteiger partial charge in [-0.2, -0.15) is 0 Å². The van der Waals surface area contributed by atoms with Gasteiger partial charge in [-0.25, -0.2) is 0 Å². The maximum atomic E-state index is 12.5. The molecule has 3 aliphatic rings. The van der Waals surface area contributed by atoms with Crippen LogP contribution < -0.4 is 0 Å². The summed E-state index contributed by atoms with van der Waals surface area (Å²) in [6.07, 6.45) is 8.41. The minimum absolute atomic E-state index is 0.0668. The monoisotopic (exact) mass is 311 g/mol. The van der Waals surface area contributed by atoms with Crippen LogP contribution in [0.2, 0.25) is 0 Å². The highest BCUT2D eigenvalue weighted by molar-refractivity contribution is 6.06. The number of allylic oxidation sites excluding steroid dienone is 2. The van der Waals surface area contributed by atoms with Crippen molar-refractivity contribution in [3.63, 3.8) is 0 Å². The van der Waals surface area contributed by atoms with Gasteiger partial charge in [-0.05, 0) is 25.0 Å². The zero-order valence-corrected chi connectivity index (χ0v) is 12.6. The molecule has 0 bridgehead atoms. The SMILES string of the molecule is O=C(c1cccnc1)N1CC(N2C(=O)C3CC=CCC3C2=O)C1. The predicted molar refractivity (Wildman–Crippen MR) is 81.1 cm³/mol. The number of amides is 3. The second-order valence-corrected chi connectivity index (χ2v) is 6.31. The zero-order valence-electron chi connectivity index (χ0n) is 12.6. The smallest absolute Gasteiger partial charge is 0.255 e. The molecule has 3 amide bonds. The van der Waals surface area contributed by atoms with Gasteiger partial charge >= 0.3 is 0 Å². The van der Waals surface area contributed by atoms with Gasteiger partial charge in [0.15, 0.2) is 0 Å². The molecule has 6 nitrogen and oxygen atoms in total. The molecule has 1 aliphatic carbocycles. The van der Waals surface area contributed by atoms with Crippen molar-refractivity contribution in [2.24, 2.45) is 11.8 Å². The summed E-state index contributed by atoms with van der Waals surface area (Å²) in [6, 6.07) is 3.26. The molecule has 0 aromatic carbocycles. The molecule has 1 aromatic rings. The summed E-state index contributed by atoms with van der Waals surface area (Å²) in [4.78, 5) is 44.3. The number of imide groups is 1. The van der Waals surface area contributed by atoms with Crippen LogP contribution in [-0.4, -0.2) is 51.6 Å². The average Bonchev–Trinajstić information content (AvgIpc) is 2.80. The molecule has 118 valence electrons. The van der Waals surface area contributed by atoms with Crippen molar-refractivity contribution >= 4 is 17.7 Å². The van der Waals surface area contributed by atoms with Crippen LogP contribution in [0.15, 0.2) is 36.7 Å². The van der Waals surface area contributed by atoms with Crippen LogP contribution in [-0.2, 0) is 9.59 Å². The van der Waals surface area contributed by atoms with E-state index in [2.05, 4.69) is 4.98 Å². The van der Waals surface area contributed by atoms with Crippen LogP contribution in [0.1, 0.15) is 23.2 Å². The number of carbonyl (C=O) groups is 3. The van der Waals surface area contributed by atoms with E-state index in [1.165, 1.54) is 11.1 Å². The lowest BCUT2D eigenvalue weighted by molar-refractivity contribution is -0.145. The molecule has 2 saturated heterocycles. The molecule has 6 heteroatoms. The second-order valence-electron chi connectivity index (χ2n) is 6.31. The van der Waals surface area contributed by atoms with Gasteiger partial charge < -0.3 is 4.90 Å². The quantitative estimate of drug-likeness (QED) is 0.600. The Bertz CT molecular complexity index is 668. The van der Waals surface area contributed by atoms with Crippen LogP contribution >= 0.6 is 0 Å². The van der Waals surface area contributed by atoms with Gasteiger partial charge in [0, 0.05) is 25.5 Å². The van der Waals surface area contributed by atoms with Crippen molar-refractivity contribution in [2.45, 2.75) is 18.9 Å². The Morgan fingerprint density at radius 1 is 1.09 bits per heavy atom. The number of hydrogen-bond acceptors (Lipinski definition) is 4. The first kappa shape index (κ1) is 14.1. The molecule has 23 heavy (non-hydrogen) atoms. The lowest BCUT2D eigenvalue weighted by Gasteiger charge is -2.43. The van der Waals surface area contributed by atoms with E-state index >= 15 is 0 Å². The van der Waals surface area contributed by atoms with Crippen molar-refractivity contribution in [1.29, 1.82) is 0 Å². The van der Waals surface area contributed by atoms with Crippen molar-refractivity contribution < 1.29 is 14.4 Å². The molecule has 2 atom stereocenters. The lowest BCUT2D eigenvalue weighted by atomic mass is 9.85. The van der Waals surface area contributed by atoms with Gasteiger partial charge in [0.1, 0.15) is 0 Å². The lowest BCUT2D eigenvalue weighted by Crippen LogP contribution is -2.62. The zero-order chi connectivity index (χ0) is 16.0. The van der Waals surface area contributed by atoms with E-state index in [-0.39, 0.29) is 35.6 Å². The number of pyridine rings is 1. The molecule has 0 saturated carbocycles. The van der Waals surface area contributed by atoms with E-state index in [4.69, 9.17) is 0 Å². The van der Waals surface area contributed by atoms with E-state index in [0.717, 1.165) is 0 Å². The highest BCUT2D eigenvalue weighted by atomic mass is 16.2. The summed E-state index contributed by atoms with van der Waals surface area (Å²) >= 11 is 0. The second kappa shape index (κ2) is 5.30. The fourth-order valence-electron chi connectivity index (χ4n) is 3.64. The molecule has 4 rings (SSSR count). The van der Waals surface area contributed by atoms with E-state index in [1.54, 1.807) is 23.2 Å². The molecule has 1 aromatic heterocycles. The molecule has 0 N–H and O–H groups in total. The number of fused-ring (bicyclic) bond motifs is 1. The predicted octanol–water partition coefficient (Wildman–Crippen LogP) is 0.857. The number of carbonyl (C=O) groups excluding carboxylic acids is 3. The topological polar surface area (TPSA) is 70.6 Å². The first-order valence-electron chi connectivity index (χ1n) is 7.88. The van der Waals surface area contributed by atoms with E-state index in [0.29, 0.717) is 31.5 Å². The minimum Gasteiger partial charge on any atom is -0.334 e. The Labute approximate surface area is 133 Å². The Balaban J connectivity index is 1.43. The van der Waals surface area contributed by atoms with Crippen molar-refractivity contribution in [3.05, 3.63) is 42.2 Å². The molecule has 2 fully saturated rings. The Kier molecular flexibility index (Phi) is 3.25. The molecule has 0 spiro atoms. The average molecular weight is 311 g/mol. The highest BCUT2D eigenvalue weighted by Gasteiger charge is 2.52. The summed E-state index contributed by atoms with van der Waals surface area (Å²) in [5.74, 6) is -0.635. The summed E-state index contributed by atoms with van der Waals surface area (Å²) in [7, 11) is 0. The first-order chi connectivity index (χ1) is 11.2. The summed E-state index contributed by atoms with van der Waals surface area (Å²) < 4.78 is 0. The Morgan fingerprint density at radius 2 is 1.74 bits per heavy atom. The van der Waals surface area contributed by atoms with Gasteiger partial charge in [-0.1, -0.05) is 12.2 Å². The largest absolute Gasteiger partial charge is 0.334 e. The van der Waals surface area contributed by atoms with Crippen LogP contribution in [0.5, 0.6) is 0 Å². The fourth-order valence-corrected chi connectivity index (χ4v) is 3.64. The van der Waals surface area contributed by atoms with Gasteiger partial charge in [0.05, 0.1) is 23.4 Å². The summed E-state index contributed by atoms with van der Waals surface area (Å²) in [6.45, 7) is 0.830. The molecule has 3 heterocycles. The van der Waals surface area contributed by atoms with Gasteiger partial charge in [0.25, 0.3) is 5.91 Å². The van der Waals surface area contributed by atoms with Crippen LogP contribution in [0.3, 0.4) is 0 Å². The number of hydrogen-bond donors (Lipinski definition) is 0. The van der Waals surface area contributed by atoms with Gasteiger partial charge in [-0.15, -0.1) is 0 Å². The molecular weight excluding hydrogens is 294 g/mol. The minimum atomic E-state index is -0.199. The number of likely N-dealkylation sites (tertiary alicyclic amines) is 2. The van der Waals surface area contributed by atoms with E-state index < -0.39 is 0 Å². The van der Waals surface area contributed by atoms with Crippen molar-refractivity contribution in [2.75, 3.05) is 13.1 Å². The molecule has 0 radical (unpaired) electrons. The van der Waals surface area contributed by atoms with E-state index in [9.17, 15) is 14.4 Å². The normalized spacial score (nSPS) is 27.1. The standard InChI is InChI=1S/C17H17N3O3/c21-15(11-4-3-7-18-8-11)19-9-12(10-19)20-16(22)13-5-1-2-6-14(13)17(20)23/h1-4,7-8,12-14H,5-6,9-10H2. The third kappa shape index (κ3) is 2.17. The number of nitrogens with zero attached hydrogens (tertiary/aromatic N) is 3. The molecule has 2 aliphatic heterocycles. The Morgan fingerprint density at radius 3 is 2.30 bits per heavy atom. The third-order valence-electron chi connectivity index (χ3n) is 4.96. The summed E-state index contributed by atoms with van der Waals surface area (Å²) in [5, 5.41) is 0.